The van der Waals surface area contributed by atoms with Crippen molar-refractivity contribution in [1.82, 2.24) is 10.6 Å². The predicted molar refractivity (Wildman–Crippen MR) is 204 cm³/mol. The molecule has 1 amide bonds. The standard InChI is InChI=1S/C42H83N3O/c1-3-5-7-9-11-13-15-17-19-21-23-25-27-29-31-33-35-41-43-37-39-45(41)40-38-44-42(46)36-34-32-30-28-26-24-22-20-18-16-14-12-10-8-6-4-2/h3-40H2,1-2H3,(H,44,46)/p+1. The molecule has 0 atom stereocenters. The number of hydrogen-bond donors (Lipinski definition) is 2. The quantitative estimate of drug-likeness (QED) is 0.0521. The molecule has 0 aromatic heterocycles. The Labute approximate surface area is 289 Å². The van der Waals surface area contributed by atoms with Gasteiger partial charge in [-0.15, -0.1) is 0 Å². The number of carbonyl (C=O) groups excluding carboxylic acids is 1. The van der Waals surface area contributed by atoms with Crippen LogP contribution in [0.5, 0.6) is 0 Å². The Kier molecular flexibility index (Phi) is 32.9. The Morgan fingerprint density at radius 3 is 1.26 bits per heavy atom. The van der Waals surface area contributed by atoms with Gasteiger partial charge >= 0.3 is 0 Å². The first-order valence-electron chi connectivity index (χ1n) is 21.4. The molecule has 1 heterocycles. The van der Waals surface area contributed by atoms with Crippen molar-refractivity contribution in [3.8, 4) is 0 Å². The fraction of sp³-hybridized carbons (Fsp3) is 0.952. The van der Waals surface area contributed by atoms with E-state index in [1.54, 1.807) is 0 Å². The molecule has 0 saturated heterocycles. The predicted octanol–water partition coefficient (Wildman–Crippen LogP) is 12.4. The van der Waals surface area contributed by atoms with E-state index < -0.39 is 0 Å². The Morgan fingerprint density at radius 1 is 0.522 bits per heavy atom. The lowest BCUT2D eigenvalue weighted by molar-refractivity contribution is -0.517. The lowest BCUT2D eigenvalue weighted by atomic mass is 10.0. The maximum Gasteiger partial charge on any atom is 0.244 e. The van der Waals surface area contributed by atoms with Crippen LogP contribution in [-0.4, -0.2) is 42.5 Å². The summed E-state index contributed by atoms with van der Waals surface area (Å²) in [5.41, 5.74) is 0. The number of nitrogens with one attached hydrogen (secondary N) is 2. The third-order valence-corrected chi connectivity index (χ3v) is 10.3. The van der Waals surface area contributed by atoms with E-state index >= 15 is 0 Å². The minimum atomic E-state index is 0.247. The van der Waals surface area contributed by atoms with Gasteiger partial charge in [-0.2, -0.15) is 0 Å². The Bertz CT molecular complexity index is 676. The molecule has 0 unspecified atom stereocenters. The van der Waals surface area contributed by atoms with E-state index in [9.17, 15) is 4.79 Å². The first-order chi connectivity index (χ1) is 22.8. The number of nitrogens with zero attached hydrogens (tertiary/aromatic N) is 1. The van der Waals surface area contributed by atoms with Crippen LogP contribution in [0.1, 0.15) is 232 Å². The van der Waals surface area contributed by atoms with Crippen LogP contribution in [0.2, 0.25) is 0 Å². The summed E-state index contributed by atoms with van der Waals surface area (Å²) in [4.78, 5) is 12.3. The van der Waals surface area contributed by atoms with Crippen LogP contribution < -0.4 is 10.6 Å². The molecule has 0 saturated carbocycles. The van der Waals surface area contributed by atoms with E-state index in [4.69, 9.17) is 0 Å². The molecule has 0 aliphatic carbocycles. The second kappa shape index (κ2) is 35.3. The van der Waals surface area contributed by atoms with Crippen LogP contribution in [0.3, 0.4) is 0 Å². The van der Waals surface area contributed by atoms with Gasteiger partial charge < -0.3 is 5.32 Å². The molecule has 1 aliphatic heterocycles. The fourth-order valence-corrected chi connectivity index (χ4v) is 7.17. The number of unbranched alkanes of at least 4 members (excludes halogenated alkanes) is 30. The van der Waals surface area contributed by atoms with E-state index in [0.717, 1.165) is 32.6 Å². The van der Waals surface area contributed by atoms with Gasteiger partial charge in [-0.25, -0.2) is 0 Å². The van der Waals surface area contributed by atoms with Crippen molar-refractivity contribution in [2.24, 2.45) is 0 Å². The maximum absolute atomic E-state index is 12.3. The molecular weight excluding hydrogens is 562 g/mol. The van der Waals surface area contributed by atoms with Crippen LogP contribution in [0, 0.1) is 0 Å². The summed E-state index contributed by atoms with van der Waals surface area (Å²) in [5.74, 6) is 1.66. The van der Waals surface area contributed by atoms with Crippen molar-refractivity contribution in [2.45, 2.75) is 232 Å². The van der Waals surface area contributed by atoms with E-state index in [2.05, 4.69) is 29.1 Å². The number of rotatable bonds is 37. The van der Waals surface area contributed by atoms with E-state index in [1.165, 1.54) is 211 Å². The van der Waals surface area contributed by atoms with Crippen molar-refractivity contribution in [3.05, 3.63) is 0 Å². The summed E-state index contributed by atoms with van der Waals surface area (Å²) in [6.45, 7) is 8.47. The van der Waals surface area contributed by atoms with Crippen molar-refractivity contribution < 1.29 is 9.37 Å². The lowest BCUT2D eigenvalue weighted by Crippen LogP contribution is -2.32. The van der Waals surface area contributed by atoms with Gasteiger partial charge in [0.05, 0.1) is 6.54 Å². The third-order valence-electron chi connectivity index (χ3n) is 10.3. The average Bonchev–Trinajstić information content (AvgIpc) is 3.51. The fourth-order valence-electron chi connectivity index (χ4n) is 7.17. The number of amides is 1. The van der Waals surface area contributed by atoms with Gasteiger partial charge in [-0.3, -0.25) is 14.7 Å². The van der Waals surface area contributed by atoms with Crippen LogP contribution in [0.4, 0.5) is 0 Å². The minimum Gasteiger partial charge on any atom is -0.352 e. The van der Waals surface area contributed by atoms with Gasteiger partial charge in [-0.1, -0.05) is 206 Å². The topological polar surface area (TPSA) is 44.1 Å². The van der Waals surface area contributed by atoms with Crippen molar-refractivity contribution >= 4 is 11.7 Å². The van der Waals surface area contributed by atoms with Crippen LogP contribution in [-0.2, 0) is 4.79 Å². The van der Waals surface area contributed by atoms with Gasteiger partial charge in [0.1, 0.15) is 19.6 Å². The number of hydrogen-bond acceptors (Lipinski definition) is 2. The Hall–Kier alpha value is -1.06. The van der Waals surface area contributed by atoms with Crippen molar-refractivity contribution in [1.29, 1.82) is 0 Å². The molecule has 0 aromatic carbocycles. The highest BCUT2D eigenvalue weighted by molar-refractivity contribution is 5.78. The molecule has 0 spiro atoms. The monoisotopic (exact) mass is 647 g/mol. The first kappa shape index (κ1) is 43.0. The summed E-state index contributed by atoms with van der Waals surface area (Å²) in [6.07, 6.45) is 46.6. The highest BCUT2D eigenvalue weighted by Gasteiger charge is 2.19. The first-order valence-corrected chi connectivity index (χ1v) is 21.4. The van der Waals surface area contributed by atoms with Crippen LogP contribution in [0.25, 0.3) is 0 Å². The highest BCUT2D eigenvalue weighted by Crippen LogP contribution is 2.16. The molecule has 1 aliphatic rings. The summed E-state index contributed by atoms with van der Waals surface area (Å²) in [6, 6.07) is 0. The molecule has 2 N–H and O–H groups in total. The largest absolute Gasteiger partial charge is 0.352 e. The lowest BCUT2D eigenvalue weighted by Gasteiger charge is -2.07. The van der Waals surface area contributed by atoms with Gasteiger partial charge in [0, 0.05) is 12.8 Å². The average molecular weight is 647 g/mol. The zero-order valence-electron chi connectivity index (χ0n) is 31.7. The van der Waals surface area contributed by atoms with Gasteiger partial charge in [0.25, 0.3) is 0 Å². The zero-order valence-corrected chi connectivity index (χ0v) is 31.7. The smallest absolute Gasteiger partial charge is 0.244 e. The molecule has 4 heteroatoms. The zero-order chi connectivity index (χ0) is 33.0. The summed E-state index contributed by atoms with van der Waals surface area (Å²) in [7, 11) is 0. The highest BCUT2D eigenvalue weighted by atomic mass is 16.1. The molecular formula is C42H84N3O+. The van der Waals surface area contributed by atoms with Crippen LogP contribution >= 0.6 is 0 Å². The van der Waals surface area contributed by atoms with E-state index in [0.29, 0.717) is 6.42 Å². The van der Waals surface area contributed by atoms with Crippen LogP contribution in [0.15, 0.2) is 0 Å². The minimum absolute atomic E-state index is 0.247. The molecule has 0 bridgehead atoms. The number of amidine groups is 1. The normalized spacial score (nSPS) is 13.1. The van der Waals surface area contributed by atoms with Crippen molar-refractivity contribution in [3.63, 3.8) is 0 Å². The SMILES string of the molecule is CCCCCCCCCCCCCCCCCCC(=O)NCC[N+]1=C(CCCCCCCCCCCCCCCCCC)NCC1. The Balaban J connectivity index is 1.86. The molecule has 46 heavy (non-hydrogen) atoms. The molecule has 0 aromatic rings. The Morgan fingerprint density at radius 2 is 0.870 bits per heavy atom. The van der Waals surface area contributed by atoms with E-state index in [1.807, 2.05) is 0 Å². The summed E-state index contributed by atoms with van der Waals surface area (Å²) in [5, 5.41) is 6.80. The second-order valence-corrected chi connectivity index (χ2v) is 14.8. The molecule has 1 rings (SSSR count). The maximum atomic E-state index is 12.3. The van der Waals surface area contributed by atoms with Crippen molar-refractivity contribution in [2.75, 3.05) is 26.2 Å². The second-order valence-electron chi connectivity index (χ2n) is 14.8. The summed E-state index contributed by atoms with van der Waals surface area (Å²) >= 11 is 0. The van der Waals surface area contributed by atoms with Gasteiger partial charge in [0.15, 0.2) is 0 Å². The van der Waals surface area contributed by atoms with Gasteiger partial charge in [-0.05, 0) is 12.8 Å². The van der Waals surface area contributed by atoms with Gasteiger partial charge in [0.2, 0.25) is 11.7 Å². The van der Waals surface area contributed by atoms with E-state index in [-0.39, 0.29) is 5.91 Å². The number of carbonyl (C=O) groups is 1. The molecule has 4 nitrogen and oxygen atoms in total. The summed E-state index contributed by atoms with van der Waals surface area (Å²) < 4.78 is 2.47. The molecule has 272 valence electrons. The molecule has 0 fully saturated rings. The third kappa shape index (κ3) is 29.1. The molecule has 0 radical (unpaired) electrons.